The summed E-state index contributed by atoms with van der Waals surface area (Å²) in [6, 6.07) is 8.79. The summed E-state index contributed by atoms with van der Waals surface area (Å²) >= 11 is 0. The number of guanidine groups is 1. The molecule has 3 rings (SSSR count). The third kappa shape index (κ3) is 6.76. The van der Waals surface area contributed by atoms with Gasteiger partial charge in [-0.2, -0.15) is 0 Å². The molecule has 0 saturated carbocycles. The maximum absolute atomic E-state index is 5.41. The van der Waals surface area contributed by atoms with Gasteiger partial charge in [-0.1, -0.05) is 31.2 Å². The number of piperidine rings is 1. The van der Waals surface area contributed by atoms with Crippen LogP contribution in [0.1, 0.15) is 30.9 Å². The number of benzene rings is 1. The lowest BCUT2D eigenvalue weighted by atomic mass is 9.98. The van der Waals surface area contributed by atoms with E-state index in [9.17, 15) is 0 Å². The van der Waals surface area contributed by atoms with Crippen molar-refractivity contribution in [3.05, 3.63) is 35.4 Å². The van der Waals surface area contributed by atoms with Gasteiger partial charge in [0, 0.05) is 46.3 Å². The Morgan fingerprint density at radius 2 is 1.75 bits per heavy atom. The van der Waals surface area contributed by atoms with Crippen LogP contribution in [0.25, 0.3) is 0 Å². The second-order valence-corrected chi connectivity index (χ2v) is 8.03. The largest absolute Gasteiger partial charge is 0.379 e. The molecule has 2 aliphatic rings. The van der Waals surface area contributed by atoms with E-state index in [0.29, 0.717) is 0 Å². The van der Waals surface area contributed by atoms with Gasteiger partial charge in [-0.25, -0.2) is 0 Å². The van der Waals surface area contributed by atoms with Gasteiger partial charge in [0.15, 0.2) is 5.96 Å². The van der Waals surface area contributed by atoms with Crippen LogP contribution >= 0.6 is 0 Å². The molecule has 2 fully saturated rings. The van der Waals surface area contributed by atoms with E-state index >= 15 is 0 Å². The van der Waals surface area contributed by atoms with Gasteiger partial charge in [0.25, 0.3) is 0 Å². The number of nitrogens with zero attached hydrogens (tertiary/aromatic N) is 3. The van der Waals surface area contributed by atoms with Gasteiger partial charge < -0.3 is 15.4 Å². The van der Waals surface area contributed by atoms with Crippen molar-refractivity contribution in [2.24, 2.45) is 10.9 Å². The topological polar surface area (TPSA) is 52.1 Å². The fourth-order valence-corrected chi connectivity index (χ4v) is 3.90. The van der Waals surface area contributed by atoms with Crippen molar-refractivity contribution in [1.82, 2.24) is 20.4 Å². The molecular formula is C22H37N5O. The summed E-state index contributed by atoms with van der Waals surface area (Å²) in [5.74, 6) is 1.75. The molecular weight excluding hydrogens is 350 g/mol. The maximum atomic E-state index is 5.41. The average molecular weight is 388 g/mol. The third-order valence-corrected chi connectivity index (χ3v) is 5.88. The Balaban J connectivity index is 1.44. The van der Waals surface area contributed by atoms with Gasteiger partial charge in [0.2, 0.25) is 0 Å². The molecule has 6 nitrogen and oxygen atoms in total. The highest BCUT2D eigenvalue weighted by molar-refractivity contribution is 5.79. The average Bonchev–Trinajstić information content (AvgIpc) is 2.74. The van der Waals surface area contributed by atoms with Crippen LogP contribution in [0.3, 0.4) is 0 Å². The molecule has 0 atom stereocenters. The SMILES string of the molecule is CN=C(NCCN1CCOCC1)NCc1ccccc1CN1CCC(C)CC1. The Labute approximate surface area is 170 Å². The Morgan fingerprint density at radius 1 is 1.04 bits per heavy atom. The summed E-state index contributed by atoms with van der Waals surface area (Å²) in [4.78, 5) is 9.40. The number of aliphatic imine (C=N–C) groups is 1. The number of morpholine rings is 1. The van der Waals surface area contributed by atoms with E-state index in [1.807, 2.05) is 7.05 Å². The summed E-state index contributed by atoms with van der Waals surface area (Å²) in [7, 11) is 1.84. The van der Waals surface area contributed by atoms with Gasteiger partial charge in [0.1, 0.15) is 0 Å². The van der Waals surface area contributed by atoms with Gasteiger partial charge in [-0.3, -0.25) is 14.8 Å². The van der Waals surface area contributed by atoms with Gasteiger partial charge in [-0.15, -0.1) is 0 Å². The van der Waals surface area contributed by atoms with Crippen molar-refractivity contribution in [3.8, 4) is 0 Å². The molecule has 1 aromatic rings. The maximum Gasteiger partial charge on any atom is 0.191 e. The van der Waals surface area contributed by atoms with Crippen LogP contribution in [0, 0.1) is 5.92 Å². The van der Waals surface area contributed by atoms with E-state index in [-0.39, 0.29) is 0 Å². The van der Waals surface area contributed by atoms with Gasteiger partial charge in [-0.05, 0) is 43.0 Å². The van der Waals surface area contributed by atoms with E-state index in [4.69, 9.17) is 4.74 Å². The number of nitrogens with one attached hydrogen (secondary N) is 2. The predicted octanol–water partition coefficient (Wildman–Crippen LogP) is 1.92. The van der Waals surface area contributed by atoms with Crippen LogP contribution in [0.5, 0.6) is 0 Å². The first kappa shape index (κ1) is 21.1. The monoisotopic (exact) mass is 387 g/mol. The van der Waals surface area contributed by atoms with Crippen LogP contribution in [-0.4, -0.2) is 75.3 Å². The van der Waals surface area contributed by atoms with Crippen LogP contribution in [0.15, 0.2) is 29.3 Å². The summed E-state index contributed by atoms with van der Waals surface area (Å²) in [5, 5.41) is 6.92. The highest BCUT2D eigenvalue weighted by Crippen LogP contribution is 2.19. The first-order valence-corrected chi connectivity index (χ1v) is 10.8. The lowest BCUT2D eigenvalue weighted by molar-refractivity contribution is 0.0389. The molecule has 6 heteroatoms. The molecule has 2 heterocycles. The molecule has 0 aromatic heterocycles. The van der Waals surface area contributed by atoms with Crippen LogP contribution in [-0.2, 0) is 17.8 Å². The summed E-state index contributed by atoms with van der Waals surface area (Å²) in [6.45, 7) is 12.3. The minimum absolute atomic E-state index is 0.803. The first-order chi connectivity index (χ1) is 13.7. The molecule has 1 aromatic carbocycles. The van der Waals surface area contributed by atoms with E-state index < -0.39 is 0 Å². The number of rotatable bonds is 7. The summed E-state index contributed by atoms with van der Waals surface area (Å²) in [6.07, 6.45) is 2.64. The van der Waals surface area contributed by atoms with Crippen molar-refractivity contribution >= 4 is 5.96 Å². The normalized spacial score (nSPS) is 20.3. The zero-order valence-electron chi connectivity index (χ0n) is 17.6. The van der Waals surface area contributed by atoms with E-state index in [1.54, 1.807) is 0 Å². The highest BCUT2D eigenvalue weighted by Gasteiger charge is 2.16. The first-order valence-electron chi connectivity index (χ1n) is 10.8. The summed E-state index contributed by atoms with van der Waals surface area (Å²) in [5.41, 5.74) is 2.78. The van der Waals surface area contributed by atoms with Gasteiger partial charge in [0.05, 0.1) is 13.2 Å². The molecule has 0 spiro atoms. The van der Waals surface area contributed by atoms with Crippen LogP contribution < -0.4 is 10.6 Å². The Kier molecular flexibility index (Phi) is 8.58. The fraction of sp³-hybridized carbons (Fsp3) is 0.682. The predicted molar refractivity (Wildman–Crippen MR) is 116 cm³/mol. The third-order valence-electron chi connectivity index (χ3n) is 5.88. The molecule has 28 heavy (non-hydrogen) atoms. The minimum Gasteiger partial charge on any atom is -0.379 e. The molecule has 2 aliphatic heterocycles. The lowest BCUT2D eigenvalue weighted by Crippen LogP contribution is -2.44. The fourth-order valence-electron chi connectivity index (χ4n) is 3.90. The number of hydrogen-bond donors (Lipinski definition) is 2. The van der Waals surface area contributed by atoms with E-state index in [0.717, 1.165) is 64.4 Å². The number of ether oxygens (including phenoxy) is 1. The molecule has 0 radical (unpaired) electrons. The molecule has 0 amide bonds. The smallest absolute Gasteiger partial charge is 0.191 e. The Morgan fingerprint density at radius 3 is 2.46 bits per heavy atom. The molecule has 0 aliphatic carbocycles. The van der Waals surface area contributed by atoms with Crippen LogP contribution in [0.2, 0.25) is 0 Å². The van der Waals surface area contributed by atoms with Crippen LogP contribution in [0.4, 0.5) is 0 Å². The summed E-state index contributed by atoms with van der Waals surface area (Å²) < 4.78 is 5.41. The zero-order chi connectivity index (χ0) is 19.6. The molecule has 156 valence electrons. The van der Waals surface area contributed by atoms with E-state index in [2.05, 4.69) is 56.6 Å². The quantitative estimate of drug-likeness (QED) is 0.553. The lowest BCUT2D eigenvalue weighted by Gasteiger charge is -2.30. The number of hydrogen-bond acceptors (Lipinski definition) is 4. The standard InChI is InChI=1S/C22H37N5O/c1-19-7-10-27(11-8-19)18-21-6-4-3-5-20(21)17-25-22(23-2)24-9-12-26-13-15-28-16-14-26/h3-6,19H,7-18H2,1-2H3,(H2,23,24,25). The Bertz CT molecular complexity index is 607. The zero-order valence-corrected chi connectivity index (χ0v) is 17.6. The van der Waals surface area contributed by atoms with E-state index in [1.165, 1.54) is 37.1 Å². The second kappa shape index (κ2) is 11.4. The Hall–Kier alpha value is -1.63. The van der Waals surface area contributed by atoms with Crippen molar-refractivity contribution in [3.63, 3.8) is 0 Å². The molecule has 2 saturated heterocycles. The van der Waals surface area contributed by atoms with Crippen molar-refractivity contribution < 1.29 is 4.74 Å². The molecule has 0 bridgehead atoms. The highest BCUT2D eigenvalue weighted by atomic mass is 16.5. The number of likely N-dealkylation sites (tertiary alicyclic amines) is 1. The molecule has 2 N–H and O–H groups in total. The van der Waals surface area contributed by atoms with Crippen molar-refractivity contribution in [2.75, 3.05) is 59.5 Å². The second-order valence-electron chi connectivity index (χ2n) is 8.03. The van der Waals surface area contributed by atoms with Crippen molar-refractivity contribution in [1.29, 1.82) is 0 Å². The van der Waals surface area contributed by atoms with Gasteiger partial charge >= 0.3 is 0 Å². The van der Waals surface area contributed by atoms with Crippen molar-refractivity contribution in [2.45, 2.75) is 32.9 Å². The molecule has 0 unspecified atom stereocenters. The minimum atomic E-state index is 0.803.